The average molecular weight is 408 g/mol. The van der Waals surface area contributed by atoms with Gasteiger partial charge in [0.1, 0.15) is 0 Å². The molecule has 2 amide bonds. The molecule has 0 unspecified atom stereocenters. The van der Waals surface area contributed by atoms with Crippen LogP contribution in [0.2, 0.25) is 10.0 Å². The van der Waals surface area contributed by atoms with Gasteiger partial charge in [0.25, 0.3) is 11.8 Å². The van der Waals surface area contributed by atoms with Crippen molar-refractivity contribution in [1.29, 1.82) is 0 Å². The van der Waals surface area contributed by atoms with Gasteiger partial charge in [-0.2, -0.15) is 0 Å². The molecule has 3 nitrogen and oxygen atoms in total. The van der Waals surface area contributed by atoms with E-state index in [4.69, 9.17) is 35.4 Å². The van der Waals surface area contributed by atoms with Crippen LogP contribution in [0.4, 0.5) is 0 Å². The lowest BCUT2D eigenvalue weighted by Crippen LogP contribution is -2.34. The van der Waals surface area contributed by atoms with Gasteiger partial charge in [-0.05, 0) is 37.3 Å². The number of hydrogen-bond donors (Lipinski definition) is 0. The zero-order valence-corrected chi connectivity index (χ0v) is 16.1. The fourth-order valence-electron chi connectivity index (χ4n) is 2.25. The number of carbonyl (C=O) groups excluding carboxylic acids is 2. The molecule has 0 radical (unpaired) electrons. The molecule has 1 aliphatic heterocycles. The van der Waals surface area contributed by atoms with Crippen molar-refractivity contribution in [1.82, 2.24) is 4.90 Å². The van der Waals surface area contributed by atoms with Crippen LogP contribution in [0.25, 0.3) is 6.08 Å². The number of benzene rings is 2. The Labute approximate surface area is 164 Å². The van der Waals surface area contributed by atoms with Crippen molar-refractivity contribution in [2.45, 2.75) is 6.92 Å². The molecule has 25 heavy (non-hydrogen) atoms. The maximum Gasteiger partial charge on any atom is 0.273 e. The van der Waals surface area contributed by atoms with Crippen molar-refractivity contribution in [3.8, 4) is 0 Å². The van der Waals surface area contributed by atoms with Gasteiger partial charge >= 0.3 is 0 Å². The molecular formula is C18H11Cl2NO2S2. The third-order valence-electron chi connectivity index (χ3n) is 3.57. The Morgan fingerprint density at radius 1 is 1.12 bits per heavy atom. The number of aryl methyl sites for hydroxylation is 1. The number of nitrogens with zero attached hydrogens (tertiary/aromatic N) is 1. The van der Waals surface area contributed by atoms with Gasteiger partial charge in [0, 0.05) is 21.2 Å². The van der Waals surface area contributed by atoms with Crippen LogP contribution >= 0.6 is 47.2 Å². The van der Waals surface area contributed by atoms with Gasteiger partial charge in [0.2, 0.25) is 0 Å². The second-order valence-corrected chi connectivity index (χ2v) is 7.81. The van der Waals surface area contributed by atoms with E-state index in [9.17, 15) is 9.59 Å². The van der Waals surface area contributed by atoms with Crippen molar-refractivity contribution in [2.75, 3.05) is 0 Å². The highest BCUT2D eigenvalue weighted by Gasteiger charge is 2.37. The van der Waals surface area contributed by atoms with Crippen molar-refractivity contribution in [3.05, 3.63) is 74.1 Å². The number of halogens is 2. The molecule has 2 aromatic rings. The Morgan fingerprint density at radius 2 is 1.72 bits per heavy atom. The first-order valence-electron chi connectivity index (χ1n) is 7.21. The number of imide groups is 1. The van der Waals surface area contributed by atoms with Crippen LogP contribution in [0.15, 0.2) is 47.4 Å². The number of rotatable bonds is 2. The minimum absolute atomic E-state index is 0.185. The normalized spacial score (nSPS) is 16.0. The topological polar surface area (TPSA) is 37.4 Å². The number of hydrogen-bond acceptors (Lipinski definition) is 4. The zero-order valence-electron chi connectivity index (χ0n) is 13.0. The van der Waals surface area contributed by atoms with Crippen LogP contribution in [0.5, 0.6) is 0 Å². The van der Waals surface area contributed by atoms with E-state index in [0.717, 1.165) is 22.2 Å². The molecule has 126 valence electrons. The van der Waals surface area contributed by atoms with E-state index in [1.54, 1.807) is 36.4 Å². The van der Waals surface area contributed by atoms with Crippen LogP contribution in [-0.4, -0.2) is 21.0 Å². The molecule has 1 fully saturated rings. The summed E-state index contributed by atoms with van der Waals surface area (Å²) in [6, 6.07) is 12.0. The molecule has 1 saturated heterocycles. The second kappa shape index (κ2) is 7.30. The summed E-state index contributed by atoms with van der Waals surface area (Å²) in [6.07, 6.45) is 1.56. The van der Waals surface area contributed by atoms with Crippen molar-refractivity contribution in [2.24, 2.45) is 0 Å². The Morgan fingerprint density at radius 3 is 2.32 bits per heavy atom. The monoisotopic (exact) mass is 407 g/mol. The standard InChI is InChI=1S/C18H11Cl2NO2S2/c1-10-5-7-11(8-6-10)16(22)21-17(23)15(25-18(21)24)9-12-13(19)3-2-4-14(12)20/h2-9H,1H3. The molecule has 0 aromatic heterocycles. The van der Waals surface area contributed by atoms with Crippen LogP contribution in [0.1, 0.15) is 21.5 Å². The minimum Gasteiger partial charge on any atom is -0.268 e. The van der Waals surface area contributed by atoms with E-state index in [1.165, 1.54) is 0 Å². The van der Waals surface area contributed by atoms with Crippen molar-refractivity contribution < 1.29 is 9.59 Å². The van der Waals surface area contributed by atoms with Crippen LogP contribution in [-0.2, 0) is 4.79 Å². The highest BCUT2D eigenvalue weighted by Crippen LogP contribution is 2.36. The molecule has 1 aliphatic rings. The van der Waals surface area contributed by atoms with E-state index >= 15 is 0 Å². The summed E-state index contributed by atoms with van der Waals surface area (Å²) in [5, 5.41) is 0.838. The van der Waals surface area contributed by atoms with Gasteiger partial charge in [-0.1, -0.05) is 70.9 Å². The first-order chi connectivity index (χ1) is 11.9. The Kier molecular flexibility index (Phi) is 5.29. The molecular weight excluding hydrogens is 397 g/mol. The number of thioether (sulfide) groups is 1. The smallest absolute Gasteiger partial charge is 0.268 e. The van der Waals surface area contributed by atoms with Gasteiger partial charge in [0.05, 0.1) is 4.91 Å². The highest BCUT2D eigenvalue weighted by molar-refractivity contribution is 8.26. The minimum atomic E-state index is -0.475. The largest absolute Gasteiger partial charge is 0.273 e. The van der Waals surface area contributed by atoms with E-state index in [0.29, 0.717) is 26.1 Å². The molecule has 0 bridgehead atoms. The van der Waals surface area contributed by atoms with Crippen LogP contribution in [0.3, 0.4) is 0 Å². The lowest BCUT2D eigenvalue weighted by Gasteiger charge is -2.12. The predicted molar refractivity (Wildman–Crippen MR) is 107 cm³/mol. The van der Waals surface area contributed by atoms with Crippen molar-refractivity contribution >= 4 is 69.4 Å². The predicted octanol–water partition coefficient (Wildman–Crippen LogP) is 5.34. The van der Waals surface area contributed by atoms with Crippen molar-refractivity contribution in [3.63, 3.8) is 0 Å². The molecule has 7 heteroatoms. The summed E-state index contributed by atoms with van der Waals surface area (Å²) >= 11 is 18.5. The molecule has 0 atom stereocenters. The molecule has 3 rings (SSSR count). The fourth-order valence-corrected chi connectivity index (χ4v) is 3.99. The molecule has 0 spiro atoms. The third kappa shape index (κ3) is 3.65. The van der Waals surface area contributed by atoms with Gasteiger partial charge in [-0.25, -0.2) is 4.90 Å². The average Bonchev–Trinajstić information content (AvgIpc) is 2.85. The molecule has 0 saturated carbocycles. The fraction of sp³-hybridized carbons (Fsp3) is 0.0556. The number of carbonyl (C=O) groups is 2. The lowest BCUT2D eigenvalue weighted by atomic mass is 10.1. The Hall–Kier alpha value is -1.66. The highest BCUT2D eigenvalue weighted by atomic mass is 35.5. The van der Waals surface area contributed by atoms with Crippen LogP contribution < -0.4 is 0 Å². The summed E-state index contributed by atoms with van der Waals surface area (Å²) in [7, 11) is 0. The van der Waals surface area contributed by atoms with E-state index < -0.39 is 11.8 Å². The van der Waals surface area contributed by atoms with Gasteiger partial charge in [0.15, 0.2) is 4.32 Å². The summed E-state index contributed by atoms with van der Waals surface area (Å²) < 4.78 is 0.185. The second-order valence-electron chi connectivity index (χ2n) is 5.32. The first kappa shape index (κ1) is 18.1. The lowest BCUT2D eigenvalue weighted by molar-refractivity contribution is -0.120. The zero-order chi connectivity index (χ0) is 18.1. The van der Waals surface area contributed by atoms with Crippen LogP contribution in [0, 0.1) is 6.92 Å². The van der Waals surface area contributed by atoms with Gasteiger partial charge in [-0.15, -0.1) is 0 Å². The Balaban J connectivity index is 1.94. The molecule has 0 N–H and O–H groups in total. The number of amides is 2. The maximum absolute atomic E-state index is 12.7. The summed E-state index contributed by atoms with van der Waals surface area (Å²) in [6.45, 7) is 1.92. The quantitative estimate of drug-likeness (QED) is 0.382. The molecule has 1 heterocycles. The summed E-state index contributed by atoms with van der Waals surface area (Å²) in [4.78, 5) is 26.6. The number of thiocarbonyl (C=S) groups is 1. The SMILES string of the molecule is Cc1ccc(C(=O)N2C(=O)C(=Cc3c(Cl)cccc3Cl)SC2=S)cc1. The molecule has 0 aliphatic carbocycles. The van der Waals surface area contributed by atoms with E-state index in [-0.39, 0.29) is 4.32 Å². The maximum atomic E-state index is 12.7. The van der Waals surface area contributed by atoms with Gasteiger partial charge < -0.3 is 0 Å². The first-order valence-corrected chi connectivity index (χ1v) is 9.19. The molecule has 2 aromatic carbocycles. The van der Waals surface area contributed by atoms with Gasteiger partial charge in [-0.3, -0.25) is 9.59 Å². The summed E-state index contributed by atoms with van der Waals surface area (Å²) in [5.41, 5.74) is 1.95. The van der Waals surface area contributed by atoms with E-state index in [1.807, 2.05) is 19.1 Å². The van der Waals surface area contributed by atoms with E-state index in [2.05, 4.69) is 0 Å². The third-order valence-corrected chi connectivity index (χ3v) is 5.53. The summed E-state index contributed by atoms with van der Waals surface area (Å²) in [5.74, 6) is -0.923. The Bertz CT molecular complexity index is 903.